The number of ether oxygens (including phenoxy) is 3. The molecule has 1 saturated carbocycles. The first-order valence-corrected chi connectivity index (χ1v) is 15.2. The van der Waals surface area contributed by atoms with E-state index in [1.807, 2.05) is 23.9 Å². The second-order valence-electron chi connectivity index (χ2n) is 11.0. The third kappa shape index (κ3) is 8.65. The SMILES string of the molecule is C[C@@H](CN=CNNN)Oc1cc(-c2cnc(Nc3cn(C4CCC(N5CCOCC5)CC4)nc3OCCO)nc2)ccc1C#N. The lowest BCUT2D eigenvalue weighted by atomic mass is 9.90. The molecule has 1 aromatic carbocycles. The number of hydrazine groups is 2. The maximum Gasteiger partial charge on any atom is 0.257 e. The molecule has 2 aliphatic rings. The Kier molecular flexibility index (Phi) is 11.5. The van der Waals surface area contributed by atoms with Gasteiger partial charge in [0.05, 0.1) is 50.5 Å². The number of nitriles is 1. The maximum absolute atomic E-state index is 9.58. The molecule has 2 fully saturated rings. The van der Waals surface area contributed by atoms with E-state index in [0.717, 1.165) is 63.1 Å². The third-order valence-electron chi connectivity index (χ3n) is 7.89. The van der Waals surface area contributed by atoms with Crippen molar-refractivity contribution in [2.24, 2.45) is 10.8 Å². The minimum atomic E-state index is -0.283. The van der Waals surface area contributed by atoms with Gasteiger partial charge in [-0.2, -0.15) is 10.8 Å². The molecule has 3 heterocycles. The standard InChI is InChI=1S/C30H41N11O4/c1-21(16-33-20-36-39-32)45-28-14-22(2-3-23(28)15-31)24-17-34-30(35-18-24)37-27-19-41(38-29(27)44-13-10-42)26-6-4-25(5-7-26)40-8-11-43-12-9-40/h2-3,14,17-21,25-26,39,42H,4-13,16,32H2,1H3,(H,33,36)(H,34,35,37)/t21-,25?,26?/m0/s1. The van der Waals surface area contributed by atoms with Gasteiger partial charge in [0.2, 0.25) is 5.95 Å². The quantitative estimate of drug-likeness (QED) is 0.0761. The molecular weight excluding hydrogens is 578 g/mol. The minimum absolute atomic E-state index is 0.118. The lowest BCUT2D eigenvalue weighted by Gasteiger charge is -2.38. The van der Waals surface area contributed by atoms with E-state index in [9.17, 15) is 10.4 Å². The monoisotopic (exact) mass is 619 g/mol. The Bertz CT molecular complexity index is 1430. The summed E-state index contributed by atoms with van der Waals surface area (Å²) in [5, 5.41) is 26.9. The topological polar surface area (TPSA) is 193 Å². The van der Waals surface area contributed by atoms with Crippen molar-refractivity contribution in [3.05, 3.63) is 42.4 Å². The summed E-state index contributed by atoms with van der Waals surface area (Å²) in [6.45, 7) is 5.87. The highest BCUT2D eigenvalue weighted by molar-refractivity contribution is 5.67. The fourth-order valence-corrected chi connectivity index (χ4v) is 5.62. The second kappa shape index (κ2) is 16.1. The van der Waals surface area contributed by atoms with Crippen LogP contribution in [0.1, 0.15) is 44.2 Å². The number of aliphatic hydroxyl groups is 1. The van der Waals surface area contributed by atoms with Crippen molar-refractivity contribution in [1.29, 1.82) is 5.26 Å². The van der Waals surface area contributed by atoms with E-state index in [-0.39, 0.29) is 25.4 Å². The summed E-state index contributed by atoms with van der Waals surface area (Å²) in [6, 6.07) is 8.36. The van der Waals surface area contributed by atoms with E-state index in [4.69, 9.17) is 25.2 Å². The molecule has 240 valence electrons. The van der Waals surface area contributed by atoms with Gasteiger partial charge in [-0.15, -0.1) is 5.10 Å². The molecule has 0 amide bonds. The highest BCUT2D eigenvalue weighted by Gasteiger charge is 2.29. The van der Waals surface area contributed by atoms with Crippen LogP contribution < -0.4 is 31.6 Å². The fraction of sp³-hybridized carbons (Fsp3) is 0.500. The number of rotatable bonds is 14. The summed E-state index contributed by atoms with van der Waals surface area (Å²) in [7, 11) is 0. The highest BCUT2D eigenvalue weighted by atomic mass is 16.5. The Balaban J connectivity index is 1.25. The van der Waals surface area contributed by atoms with E-state index < -0.39 is 0 Å². The smallest absolute Gasteiger partial charge is 0.257 e. The average molecular weight is 620 g/mol. The van der Waals surface area contributed by atoms with Crippen LogP contribution in [0.4, 0.5) is 11.6 Å². The predicted molar refractivity (Wildman–Crippen MR) is 168 cm³/mol. The molecule has 15 heteroatoms. The molecule has 0 radical (unpaired) electrons. The number of anilines is 2. The van der Waals surface area contributed by atoms with Crippen LogP contribution in [0.3, 0.4) is 0 Å². The van der Waals surface area contributed by atoms with Gasteiger partial charge in [0.15, 0.2) is 0 Å². The van der Waals surface area contributed by atoms with Crippen molar-refractivity contribution in [1.82, 2.24) is 35.6 Å². The van der Waals surface area contributed by atoms with E-state index in [0.29, 0.717) is 41.4 Å². The van der Waals surface area contributed by atoms with E-state index >= 15 is 0 Å². The number of morpholine rings is 1. The van der Waals surface area contributed by atoms with Crippen molar-refractivity contribution in [3.8, 4) is 28.8 Å². The van der Waals surface area contributed by atoms with Crippen LogP contribution in [0.5, 0.6) is 11.6 Å². The lowest BCUT2D eigenvalue weighted by molar-refractivity contribution is 0.00502. The molecular formula is C30H41N11O4. The van der Waals surface area contributed by atoms with Crippen molar-refractivity contribution in [2.75, 3.05) is 51.4 Å². The second-order valence-corrected chi connectivity index (χ2v) is 11.0. The molecule has 15 nitrogen and oxygen atoms in total. The summed E-state index contributed by atoms with van der Waals surface area (Å²) in [5.41, 5.74) is 7.43. The molecule has 3 aromatic rings. The molecule has 0 spiro atoms. The van der Waals surface area contributed by atoms with Crippen LogP contribution in [-0.4, -0.2) is 94.3 Å². The Hall–Kier alpha value is -4.33. The first-order valence-electron chi connectivity index (χ1n) is 15.2. The molecule has 45 heavy (non-hydrogen) atoms. The van der Waals surface area contributed by atoms with Gasteiger partial charge >= 0.3 is 0 Å². The predicted octanol–water partition coefficient (Wildman–Crippen LogP) is 1.91. The zero-order valence-corrected chi connectivity index (χ0v) is 25.4. The average Bonchev–Trinajstić information content (AvgIpc) is 3.48. The number of hydrogen-bond acceptors (Lipinski definition) is 13. The van der Waals surface area contributed by atoms with Gasteiger partial charge in [-0.1, -0.05) is 6.07 Å². The minimum Gasteiger partial charge on any atom is -0.487 e. The Morgan fingerprint density at radius 2 is 1.93 bits per heavy atom. The molecule has 2 aromatic heterocycles. The van der Waals surface area contributed by atoms with Crippen molar-refractivity contribution >= 4 is 18.0 Å². The first kappa shape index (κ1) is 32.1. The summed E-state index contributed by atoms with van der Waals surface area (Å²) in [6.07, 6.45) is 10.8. The number of aliphatic hydroxyl groups excluding tert-OH is 1. The van der Waals surface area contributed by atoms with Gasteiger partial charge in [0.1, 0.15) is 30.2 Å². The fourth-order valence-electron chi connectivity index (χ4n) is 5.62. The first-order chi connectivity index (χ1) is 22.1. The highest BCUT2D eigenvalue weighted by Crippen LogP contribution is 2.35. The van der Waals surface area contributed by atoms with Gasteiger partial charge in [0, 0.05) is 37.1 Å². The lowest BCUT2D eigenvalue weighted by Crippen LogP contribution is -2.45. The van der Waals surface area contributed by atoms with Crippen LogP contribution in [0, 0.1) is 11.3 Å². The zero-order chi connectivity index (χ0) is 31.4. The van der Waals surface area contributed by atoms with Crippen LogP contribution in [0.25, 0.3) is 11.1 Å². The van der Waals surface area contributed by atoms with Crippen LogP contribution >= 0.6 is 0 Å². The van der Waals surface area contributed by atoms with Gasteiger partial charge in [0.25, 0.3) is 5.88 Å². The van der Waals surface area contributed by atoms with E-state index in [1.54, 1.807) is 24.5 Å². The van der Waals surface area contributed by atoms with Crippen LogP contribution in [-0.2, 0) is 4.74 Å². The van der Waals surface area contributed by atoms with Gasteiger partial charge in [-0.25, -0.2) is 9.97 Å². The number of hydrogen-bond donors (Lipinski definition) is 5. The summed E-state index contributed by atoms with van der Waals surface area (Å²) in [4.78, 5) is 15.8. The zero-order valence-electron chi connectivity index (χ0n) is 25.4. The number of nitrogens with two attached hydrogens (primary N) is 1. The number of aromatic nitrogens is 4. The summed E-state index contributed by atoms with van der Waals surface area (Å²) in [5.74, 6) is 6.37. The molecule has 0 unspecified atom stereocenters. The normalized spacial score (nSPS) is 19.6. The van der Waals surface area contributed by atoms with Crippen molar-refractivity contribution in [2.45, 2.75) is 50.8 Å². The van der Waals surface area contributed by atoms with Gasteiger partial charge in [-0.3, -0.25) is 25.8 Å². The van der Waals surface area contributed by atoms with Crippen molar-refractivity contribution in [3.63, 3.8) is 0 Å². The number of benzene rings is 1. The molecule has 5 rings (SSSR count). The third-order valence-corrected chi connectivity index (χ3v) is 7.89. The number of nitrogens with one attached hydrogen (secondary N) is 3. The molecule has 1 atom stereocenters. The van der Waals surface area contributed by atoms with Crippen LogP contribution in [0.2, 0.25) is 0 Å². The Morgan fingerprint density at radius 3 is 2.64 bits per heavy atom. The number of nitrogens with zero attached hydrogens (tertiary/aromatic N) is 7. The molecule has 1 aliphatic heterocycles. The van der Waals surface area contributed by atoms with Gasteiger partial charge in [-0.05, 0) is 50.3 Å². The molecule has 1 aliphatic carbocycles. The Morgan fingerprint density at radius 1 is 1.18 bits per heavy atom. The van der Waals surface area contributed by atoms with Gasteiger partial charge < -0.3 is 24.6 Å². The summed E-state index contributed by atoms with van der Waals surface area (Å²) < 4.78 is 19.2. The largest absolute Gasteiger partial charge is 0.487 e. The molecule has 0 bridgehead atoms. The molecule has 6 N–H and O–H groups in total. The summed E-state index contributed by atoms with van der Waals surface area (Å²) >= 11 is 0. The number of aliphatic imine (C=N–C) groups is 1. The molecule has 1 saturated heterocycles. The van der Waals surface area contributed by atoms with E-state index in [2.05, 4.69) is 42.2 Å². The van der Waals surface area contributed by atoms with Crippen molar-refractivity contribution < 1.29 is 19.3 Å². The maximum atomic E-state index is 9.58. The Labute approximate surface area is 262 Å². The van der Waals surface area contributed by atoms with E-state index in [1.165, 1.54) is 6.34 Å². The van der Waals surface area contributed by atoms with Crippen LogP contribution in [0.15, 0.2) is 41.8 Å².